The Morgan fingerprint density at radius 2 is 1.65 bits per heavy atom. The summed E-state index contributed by atoms with van der Waals surface area (Å²) in [5.74, 6) is -0.884. The molecule has 2 aromatic carbocycles. The highest BCUT2D eigenvalue weighted by molar-refractivity contribution is 6.09. The molecule has 8 heteroatoms. The van der Waals surface area contributed by atoms with Crippen molar-refractivity contribution in [1.29, 1.82) is 0 Å². The lowest BCUT2D eigenvalue weighted by molar-refractivity contribution is -0.133. The fraction of sp³-hybridized carbons (Fsp3) is 0.130. The van der Waals surface area contributed by atoms with E-state index in [4.69, 9.17) is 4.74 Å². The summed E-state index contributed by atoms with van der Waals surface area (Å²) in [5.41, 5.74) is 2.96. The van der Waals surface area contributed by atoms with Gasteiger partial charge in [0, 0.05) is 34.1 Å². The normalized spacial score (nSPS) is 10.9. The van der Waals surface area contributed by atoms with Crippen LogP contribution in [0.3, 0.4) is 0 Å². The maximum Gasteiger partial charge on any atom is 0.315 e. The molecule has 0 aliphatic carbocycles. The van der Waals surface area contributed by atoms with Crippen LogP contribution in [0.5, 0.6) is 5.75 Å². The number of rotatable bonds is 5. The Morgan fingerprint density at radius 3 is 2.29 bits per heavy atom. The Morgan fingerprint density at radius 1 is 1.03 bits per heavy atom. The zero-order valence-corrected chi connectivity index (χ0v) is 16.8. The van der Waals surface area contributed by atoms with Crippen molar-refractivity contribution in [3.05, 3.63) is 98.8 Å². The number of aromatic nitrogens is 3. The van der Waals surface area contributed by atoms with Crippen molar-refractivity contribution in [3.8, 4) is 5.75 Å². The quantitative estimate of drug-likeness (QED) is 0.305. The molecule has 0 unspecified atom stereocenters. The fourth-order valence-electron chi connectivity index (χ4n) is 3.37. The Bertz CT molecular complexity index is 1350. The molecular formula is C23H18FN3O4. The molecule has 0 bridgehead atoms. The number of benzene rings is 2. The van der Waals surface area contributed by atoms with Crippen molar-refractivity contribution >= 4 is 17.4 Å². The van der Waals surface area contributed by atoms with Crippen molar-refractivity contribution in [2.45, 2.75) is 20.3 Å². The summed E-state index contributed by atoms with van der Waals surface area (Å²) in [6.07, 6.45) is -0.0307. The number of carbonyl (C=O) groups is 2. The number of H-pyrrole nitrogens is 1. The number of hydrogen-bond acceptors (Lipinski definition) is 5. The van der Waals surface area contributed by atoms with Crippen molar-refractivity contribution in [2.24, 2.45) is 0 Å². The summed E-state index contributed by atoms with van der Waals surface area (Å²) in [5, 5.41) is 2.64. The molecule has 4 rings (SSSR count). The minimum atomic E-state index is -0.500. The number of halogens is 1. The first-order valence-electron chi connectivity index (χ1n) is 9.50. The number of aryl methyl sites for hydroxylation is 2. The number of ketones is 1. The second kappa shape index (κ2) is 7.98. The lowest BCUT2D eigenvalue weighted by Gasteiger charge is -2.11. The minimum Gasteiger partial charge on any atom is -0.426 e. The van der Waals surface area contributed by atoms with Crippen molar-refractivity contribution in [1.82, 2.24) is 14.6 Å². The van der Waals surface area contributed by atoms with Crippen LogP contribution in [0.25, 0.3) is 5.65 Å². The van der Waals surface area contributed by atoms with Crippen LogP contribution in [-0.2, 0) is 11.2 Å². The maximum atomic E-state index is 13.0. The monoisotopic (exact) mass is 419 g/mol. The predicted octanol–water partition coefficient (Wildman–Crippen LogP) is 3.16. The third-order valence-electron chi connectivity index (χ3n) is 4.98. The first-order chi connectivity index (χ1) is 14.8. The first kappa shape index (κ1) is 20.2. The van der Waals surface area contributed by atoms with E-state index >= 15 is 0 Å². The van der Waals surface area contributed by atoms with Crippen LogP contribution in [0.2, 0.25) is 0 Å². The molecule has 2 aromatic heterocycles. The second-order valence-electron chi connectivity index (χ2n) is 7.09. The zero-order valence-electron chi connectivity index (χ0n) is 16.8. The predicted molar refractivity (Wildman–Crippen MR) is 111 cm³/mol. The zero-order chi connectivity index (χ0) is 22.1. The summed E-state index contributed by atoms with van der Waals surface area (Å²) >= 11 is 0. The van der Waals surface area contributed by atoms with Crippen LogP contribution < -0.4 is 10.3 Å². The molecule has 0 saturated carbocycles. The van der Waals surface area contributed by atoms with Gasteiger partial charge in [0.2, 0.25) is 0 Å². The molecular weight excluding hydrogens is 401 g/mol. The van der Waals surface area contributed by atoms with Gasteiger partial charge in [-0.05, 0) is 62.4 Å². The summed E-state index contributed by atoms with van der Waals surface area (Å²) in [6, 6.07) is 12.8. The Hall–Kier alpha value is -4.07. The van der Waals surface area contributed by atoms with E-state index in [9.17, 15) is 18.8 Å². The number of esters is 1. The standard InChI is InChI=1S/C23H18FN3O4/c1-13-19(14(2)27-20(25-13)12-21(28)26-27)11-22(29)31-18-9-5-16(6-10-18)23(30)15-3-7-17(24)8-4-15/h3-10,12H,11H2,1-2H3,(H,26,28). The molecule has 0 aliphatic rings. The van der Waals surface area contributed by atoms with Gasteiger partial charge < -0.3 is 4.74 Å². The Balaban J connectivity index is 1.48. The van der Waals surface area contributed by atoms with Gasteiger partial charge >= 0.3 is 5.97 Å². The van der Waals surface area contributed by atoms with Gasteiger partial charge in [0.1, 0.15) is 11.6 Å². The molecule has 4 aromatic rings. The van der Waals surface area contributed by atoms with E-state index in [1.165, 1.54) is 47.0 Å². The fourth-order valence-corrected chi connectivity index (χ4v) is 3.37. The average Bonchev–Trinajstić information content (AvgIpc) is 3.12. The lowest BCUT2D eigenvalue weighted by atomic mass is 10.0. The number of carbonyl (C=O) groups excluding carboxylic acids is 2. The highest BCUT2D eigenvalue weighted by Gasteiger charge is 2.16. The lowest BCUT2D eigenvalue weighted by Crippen LogP contribution is -2.16. The molecule has 0 saturated heterocycles. The van der Waals surface area contributed by atoms with E-state index < -0.39 is 11.8 Å². The molecule has 2 heterocycles. The SMILES string of the molecule is Cc1nc2cc(=O)[nH]n2c(C)c1CC(=O)Oc1ccc(C(=O)c2ccc(F)cc2)cc1. The largest absolute Gasteiger partial charge is 0.426 e. The highest BCUT2D eigenvalue weighted by atomic mass is 19.1. The van der Waals surface area contributed by atoms with Crippen molar-refractivity contribution < 1.29 is 18.7 Å². The number of fused-ring (bicyclic) bond motifs is 1. The van der Waals surface area contributed by atoms with Gasteiger partial charge in [0.15, 0.2) is 11.4 Å². The Kier molecular flexibility index (Phi) is 5.21. The summed E-state index contributed by atoms with van der Waals surface area (Å²) < 4.78 is 20.0. The summed E-state index contributed by atoms with van der Waals surface area (Å²) in [4.78, 5) is 40.8. The number of hydrogen-bond donors (Lipinski definition) is 1. The van der Waals surface area contributed by atoms with Gasteiger partial charge in [-0.2, -0.15) is 0 Å². The van der Waals surface area contributed by atoms with Crippen LogP contribution in [0.15, 0.2) is 59.4 Å². The summed E-state index contributed by atoms with van der Waals surface area (Å²) in [7, 11) is 0. The van der Waals surface area contributed by atoms with Crippen LogP contribution in [0.4, 0.5) is 4.39 Å². The van der Waals surface area contributed by atoms with Crippen LogP contribution >= 0.6 is 0 Å². The maximum absolute atomic E-state index is 13.0. The Labute approximate surface area is 176 Å². The third kappa shape index (κ3) is 4.13. The van der Waals surface area contributed by atoms with E-state index in [2.05, 4.69) is 10.1 Å². The van der Waals surface area contributed by atoms with Gasteiger partial charge in [-0.3, -0.25) is 19.5 Å². The third-order valence-corrected chi connectivity index (χ3v) is 4.98. The first-order valence-corrected chi connectivity index (χ1v) is 9.50. The highest BCUT2D eigenvalue weighted by Crippen LogP contribution is 2.18. The van der Waals surface area contributed by atoms with E-state index in [1.807, 2.05) is 0 Å². The smallest absolute Gasteiger partial charge is 0.315 e. The number of aromatic amines is 1. The van der Waals surface area contributed by atoms with Crippen LogP contribution in [0.1, 0.15) is 32.9 Å². The molecule has 31 heavy (non-hydrogen) atoms. The van der Waals surface area contributed by atoms with Crippen LogP contribution in [0, 0.1) is 19.7 Å². The number of nitrogens with zero attached hydrogens (tertiary/aromatic N) is 2. The molecule has 1 N–H and O–H groups in total. The molecule has 7 nitrogen and oxygen atoms in total. The van der Waals surface area contributed by atoms with Crippen molar-refractivity contribution in [2.75, 3.05) is 0 Å². The minimum absolute atomic E-state index is 0.0307. The average molecular weight is 419 g/mol. The van der Waals surface area contributed by atoms with E-state index in [0.717, 1.165) is 0 Å². The summed E-state index contributed by atoms with van der Waals surface area (Å²) in [6.45, 7) is 3.55. The number of ether oxygens (including phenoxy) is 1. The van der Waals surface area contributed by atoms with Gasteiger partial charge in [-0.25, -0.2) is 13.9 Å². The van der Waals surface area contributed by atoms with Gasteiger partial charge in [0.25, 0.3) is 5.56 Å². The molecule has 0 fully saturated rings. The topological polar surface area (TPSA) is 93.5 Å². The molecule has 0 amide bonds. The van der Waals surface area contributed by atoms with E-state index in [1.54, 1.807) is 26.0 Å². The van der Waals surface area contributed by atoms with Crippen LogP contribution in [-0.4, -0.2) is 26.4 Å². The molecule has 0 radical (unpaired) electrons. The number of nitrogens with one attached hydrogen (secondary N) is 1. The molecule has 0 atom stereocenters. The molecule has 0 aliphatic heterocycles. The second-order valence-corrected chi connectivity index (χ2v) is 7.09. The van der Waals surface area contributed by atoms with E-state index in [0.29, 0.717) is 39.5 Å². The van der Waals surface area contributed by atoms with Crippen molar-refractivity contribution in [3.63, 3.8) is 0 Å². The van der Waals surface area contributed by atoms with E-state index in [-0.39, 0.29) is 17.8 Å². The molecule has 156 valence electrons. The van der Waals surface area contributed by atoms with Gasteiger partial charge in [-0.1, -0.05) is 0 Å². The molecule has 0 spiro atoms. The van der Waals surface area contributed by atoms with Gasteiger partial charge in [-0.15, -0.1) is 0 Å². The van der Waals surface area contributed by atoms with Gasteiger partial charge in [0.05, 0.1) is 6.42 Å².